The first-order valence-corrected chi connectivity index (χ1v) is 8.74. The minimum Gasteiger partial charge on any atom is -0.454 e. The first-order chi connectivity index (χ1) is 12.6. The molecule has 130 valence electrons. The Kier molecular flexibility index (Phi) is 4.34. The lowest BCUT2D eigenvalue weighted by Gasteiger charge is -1.99. The SMILES string of the molecule is CC(/C=C1\N=C(c2cccc(Br)c2)OC1=O)=C\c1ccc2c(c1)OCO2. The van der Waals surface area contributed by atoms with Crippen LogP contribution in [0.4, 0.5) is 0 Å². The monoisotopic (exact) mass is 411 g/mol. The van der Waals surface area contributed by atoms with E-state index in [4.69, 9.17) is 14.2 Å². The summed E-state index contributed by atoms with van der Waals surface area (Å²) in [6.45, 7) is 2.14. The molecule has 0 atom stereocenters. The van der Waals surface area contributed by atoms with Crippen LogP contribution in [0.5, 0.6) is 11.5 Å². The van der Waals surface area contributed by atoms with Gasteiger partial charge in [-0.05, 0) is 54.5 Å². The molecule has 0 saturated heterocycles. The van der Waals surface area contributed by atoms with Gasteiger partial charge in [0.05, 0.1) is 0 Å². The van der Waals surface area contributed by atoms with Crippen LogP contribution in [0.1, 0.15) is 18.1 Å². The number of aliphatic imine (C=N–C) groups is 1. The predicted octanol–water partition coefficient (Wildman–Crippen LogP) is 4.47. The third-order valence-corrected chi connectivity index (χ3v) is 4.34. The molecule has 0 aliphatic carbocycles. The van der Waals surface area contributed by atoms with Gasteiger partial charge < -0.3 is 14.2 Å². The van der Waals surface area contributed by atoms with Crippen LogP contribution >= 0.6 is 15.9 Å². The molecule has 5 nitrogen and oxygen atoms in total. The number of nitrogens with zero attached hydrogens (tertiary/aromatic N) is 1. The van der Waals surface area contributed by atoms with Gasteiger partial charge in [-0.2, -0.15) is 0 Å². The number of carbonyl (C=O) groups excluding carboxylic acids is 1. The summed E-state index contributed by atoms with van der Waals surface area (Å²) in [6, 6.07) is 13.1. The average molecular weight is 412 g/mol. The highest BCUT2D eigenvalue weighted by Gasteiger charge is 2.24. The van der Waals surface area contributed by atoms with Crippen molar-refractivity contribution in [2.45, 2.75) is 6.92 Å². The van der Waals surface area contributed by atoms with Gasteiger partial charge in [-0.3, -0.25) is 0 Å². The highest BCUT2D eigenvalue weighted by atomic mass is 79.9. The standard InChI is InChI=1S/C20H14BrNO4/c1-12(7-13-5-6-17-18(9-13)25-11-24-17)8-16-20(23)26-19(22-16)14-3-2-4-15(21)10-14/h2-10H,11H2,1H3/b12-7+,16-8-. The van der Waals surface area contributed by atoms with Crippen LogP contribution in [0.15, 0.2) is 69.3 Å². The first-order valence-electron chi connectivity index (χ1n) is 7.95. The molecule has 2 aliphatic heterocycles. The van der Waals surface area contributed by atoms with E-state index in [1.165, 1.54) is 0 Å². The van der Waals surface area contributed by atoms with Gasteiger partial charge in [-0.1, -0.05) is 34.1 Å². The lowest BCUT2D eigenvalue weighted by Crippen LogP contribution is -2.05. The van der Waals surface area contributed by atoms with Crippen molar-refractivity contribution in [3.8, 4) is 11.5 Å². The zero-order chi connectivity index (χ0) is 18.1. The van der Waals surface area contributed by atoms with Gasteiger partial charge in [0.1, 0.15) is 0 Å². The number of cyclic esters (lactones) is 1. The fourth-order valence-electron chi connectivity index (χ4n) is 2.68. The van der Waals surface area contributed by atoms with Crippen molar-refractivity contribution in [2.24, 2.45) is 4.99 Å². The van der Waals surface area contributed by atoms with Gasteiger partial charge in [0.2, 0.25) is 12.7 Å². The van der Waals surface area contributed by atoms with Gasteiger partial charge in [0, 0.05) is 10.0 Å². The minimum atomic E-state index is -0.460. The Morgan fingerprint density at radius 2 is 2.00 bits per heavy atom. The number of carbonyl (C=O) groups is 1. The lowest BCUT2D eigenvalue weighted by atomic mass is 10.1. The molecular weight excluding hydrogens is 398 g/mol. The van der Waals surface area contributed by atoms with E-state index in [2.05, 4.69) is 20.9 Å². The van der Waals surface area contributed by atoms with Crippen molar-refractivity contribution in [1.29, 1.82) is 0 Å². The second-order valence-corrected chi connectivity index (χ2v) is 6.76. The fraction of sp³-hybridized carbons (Fsp3) is 0.100. The number of hydrogen-bond acceptors (Lipinski definition) is 5. The van der Waals surface area contributed by atoms with Gasteiger partial charge in [0.15, 0.2) is 17.2 Å². The summed E-state index contributed by atoms with van der Waals surface area (Å²) in [5.41, 5.74) is 2.84. The molecule has 6 heteroatoms. The van der Waals surface area contributed by atoms with Crippen molar-refractivity contribution < 1.29 is 19.0 Å². The maximum Gasteiger partial charge on any atom is 0.363 e. The van der Waals surface area contributed by atoms with E-state index in [0.717, 1.165) is 32.7 Å². The third-order valence-electron chi connectivity index (χ3n) is 3.85. The summed E-state index contributed by atoms with van der Waals surface area (Å²) in [7, 11) is 0. The number of ether oxygens (including phenoxy) is 3. The topological polar surface area (TPSA) is 57.1 Å². The van der Waals surface area contributed by atoms with E-state index in [1.807, 2.05) is 55.5 Å². The van der Waals surface area contributed by atoms with Crippen LogP contribution in [0.25, 0.3) is 6.08 Å². The van der Waals surface area contributed by atoms with E-state index in [-0.39, 0.29) is 12.5 Å². The molecule has 0 bridgehead atoms. The van der Waals surface area contributed by atoms with Crippen molar-refractivity contribution in [1.82, 2.24) is 0 Å². The summed E-state index contributed by atoms with van der Waals surface area (Å²) in [4.78, 5) is 16.4. The molecule has 0 saturated carbocycles. The first kappa shape index (κ1) is 16.6. The Hall–Kier alpha value is -2.86. The molecule has 2 heterocycles. The largest absolute Gasteiger partial charge is 0.454 e. The zero-order valence-electron chi connectivity index (χ0n) is 13.9. The van der Waals surface area contributed by atoms with Crippen LogP contribution in [-0.4, -0.2) is 18.7 Å². The Morgan fingerprint density at radius 3 is 2.85 bits per heavy atom. The van der Waals surface area contributed by atoms with Crippen molar-refractivity contribution in [3.05, 3.63) is 75.4 Å². The Balaban J connectivity index is 1.59. The number of benzene rings is 2. The maximum absolute atomic E-state index is 12.1. The van der Waals surface area contributed by atoms with Crippen LogP contribution in [-0.2, 0) is 9.53 Å². The quantitative estimate of drug-likeness (QED) is 0.552. The molecule has 2 aromatic carbocycles. The lowest BCUT2D eigenvalue weighted by molar-refractivity contribution is -0.130. The second kappa shape index (κ2) is 6.80. The molecule has 0 N–H and O–H groups in total. The molecule has 2 aromatic rings. The number of allylic oxidation sites excluding steroid dienone is 2. The predicted molar refractivity (Wildman–Crippen MR) is 101 cm³/mol. The molecular formula is C20H14BrNO4. The Bertz CT molecular complexity index is 991. The van der Waals surface area contributed by atoms with E-state index >= 15 is 0 Å². The van der Waals surface area contributed by atoms with E-state index in [0.29, 0.717) is 5.90 Å². The number of fused-ring (bicyclic) bond motifs is 1. The molecule has 2 aliphatic rings. The zero-order valence-corrected chi connectivity index (χ0v) is 15.4. The molecule has 0 fully saturated rings. The second-order valence-electron chi connectivity index (χ2n) is 5.85. The summed E-state index contributed by atoms with van der Waals surface area (Å²) in [5.74, 6) is 1.30. The summed E-state index contributed by atoms with van der Waals surface area (Å²) in [6.07, 6.45) is 3.65. The highest BCUT2D eigenvalue weighted by molar-refractivity contribution is 9.10. The van der Waals surface area contributed by atoms with Crippen molar-refractivity contribution >= 4 is 33.9 Å². The summed E-state index contributed by atoms with van der Waals surface area (Å²) < 4.78 is 16.9. The molecule has 0 unspecified atom stereocenters. The number of esters is 1. The molecule has 0 amide bonds. The summed E-state index contributed by atoms with van der Waals surface area (Å²) >= 11 is 3.40. The van der Waals surface area contributed by atoms with Crippen LogP contribution in [0.2, 0.25) is 0 Å². The van der Waals surface area contributed by atoms with E-state index in [9.17, 15) is 4.79 Å². The molecule has 0 aromatic heterocycles. The van der Waals surface area contributed by atoms with Gasteiger partial charge in [0.25, 0.3) is 0 Å². The van der Waals surface area contributed by atoms with Gasteiger partial charge >= 0.3 is 5.97 Å². The van der Waals surface area contributed by atoms with Crippen LogP contribution in [0, 0.1) is 0 Å². The van der Waals surface area contributed by atoms with Crippen LogP contribution in [0.3, 0.4) is 0 Å². The Morgan fingerprint density at radius 1 is 1.15 bits per heavy atom. The maximum atomic E-state index is 12.1. The fourth-order valence-corrected chi connectivity index (χ4v) is 3.08. The summed E-state index contributed by atoms with van der Waals surface area (Å²) in [5, 5.41) is 0. The van der Waals surface area contributed by atoms with E-state index in [1.54, 1.807) is 6.08 Å². The molecule has 26 heavy (non-hydrogen) atoms. The third kappa shape index (κ3) is 3.41. The highest BCUT2D eigenvalue weighted by Crippen LogP contribution is 2.33. The normalized spacial score (nSPS) is 17.5. The van der Waals surface area contributed by atoms with Gasteiger partial charge in [-0.15, -0.1) is 0 Å². The van der Waals surface area contributed by atoms with Crippen LogP contribution < -0.4 is 9.47 Å². The van der Waals surface area contributed by atoms with Gasteiger partial charge in [-0.25, -0.2) is 9.79 Å². The smallest absolute Gasteiger partial charge is 0.363 e. The Labute approximate surface area is 158 Å². The average Bonchev–Trinajstić information content (AvgIpc) is 3.21. The number of rotatable bonds is 3. The molecule has 4 rings (SSSR count). The van der Waals surface area contributed by atoms with Crippen molar-refractivity contribution in [2.75, 3.05) is 6.79 Å². The van der Waals surface area contributed by atoms with Crippen molar-refractivity contribution in [3.63, 3.8) is 0 Å². The number of hydrogen-bond donors (Lipinski definition) is 0. The molecule has 0 radical (unpaired) electrons. The van der Waals surface area contributed by atoms with E-state index < -0.39 is 5.97 Å². The molecule has 0 spiro atoms. The number of halogens is 1. The minimum absolute atomic E-state index is 0.241.